The van der Waals surface area contributed by atoms with Gasteiger partial charge in [0.25, 0.3) is 0 Å². The van der Waals surface area contributed by atoms with Gasteiger partial charge in [-0.05, 0) is 79.4 Å². The minimum atomic E-state index is -0.512. The first-order valence-corrected chi connectivity index (χ1v) is 11.1. The molecule has 0 spiro atoms. The molecule has 1 aliphatic heterocycles. The fourth-order valence-electron chi connectivity index (χ4n) is 8.15. The maximum Gasteiger partial charge on any atom is 0.122 e. The molecule has 140 valence electrons. The normalized spacial score (nSPS) is 55.1. The zero-order chi connectivity index (χ0) is 17.4. The Morgan fingerprint density at radius 3 is 2.60 bits per heavy atom. The van der Waals surface area contributed by atoms with E-state index in [1.165, 1.54) is 44.9 Å². The SMILES string of the molecule is CC[C@H]1CC[C@H]2[C@@H]3CC=C4C[C@](O)(N5CC5)CC[C@]4(C)[C@H]3CC[C@]12C. The van der Waals surface area contributed by atoms with Crippen molar-refractivity contribution in [1.82, 2.24) is 4.90 Å². The molecule has 7 atom stereocenters. The first kappa shape index (κ1) is 16.8. The van der Waals surface area contributed by atoms with Gasteiger partial charge in [-0.15, -0.1) is 0 Å². The van der Waals surface area contributed by atoms with E-state index >= 15 is 0 Å². The van der Waals surface area contributed by atoms with Crippen molar-refractivity contribution in [2.75, 3.05) is 13.1 Å². The van der Waals surface area contributed by atoms with Crippen molar-refractivity contribution in [3.05, 3.63) is 11.6 Å². The van der Waals surface area contributed by atoms with Gasteiger partial charge in [-0.2, -0.15) is 0 Å². The Balaban J connectivity index is 1.44. The molecule has 0 radical (unpaired) electrons. The van der Waals surface area contributed by atoms with Gasteiger partial charge in [0.2, 0.25) is 0 Å². The van der Waals surface area contributed by atoms with Crippen LogP contribution in [-0.2, 0) is 0 Å². The zero-order valence-electron chi connectivity index (χ0n) is 16.6. The number of aliphatic hydroxyl groups is 1. The molecule has 4 fully saturated rings. The topological polar surface area (TPSA) is 23.2 Å². The highest BCUT2D eigenvalue weighted by atomic mass is 16.3. The van der Waals surface area contributed by atoms with E-state index in [1.54, 1.807) is 5.57 Å². The molecule has 3 saturated carbocycles. The average Bonchev–Trinajstić information content (AvgIpc) is 3.39. The van der Waals surface area contributed by atoms with Crippen LogP contribution in [0.5, 0.6) is 0 Å². The lowest BCUT2D eigenvalue weighted by molar-refractivity contribution is -0.107. The number of nitrogens with zero attached hydrogens (tertiary/aromatic N) is 1. The van der Waals surface area contributed by atoms with Crippen LogP contribution in [-0.4, -0.2) is 28.8 Å². The number of allylic oxidation sites excluding steroid dienone is 1. The number of hydrogen-bond donors (Lipinski definition) is 1. The second-order valence-electron chi connectivity index (χ2n) is 10.6. The van der Waals surface area contributed by atoms with Gasteiger partial charge in [-0.3, -0.25) is 4.90 Å². The quantitative estimate of drug-likeness (QED) is 0.564. The van der Waals surface area contributed by atoms with Crippen LogP contribution in [0, 0.1) is 34.5 Å². The molecule has 5 aliphatic rings. The van der Waals surface area contributed by atoms with Crippen LogP contribution in [0.3, 0.4) is 0 Å². The summed E-state index contributed by atoms with van der Waals surface area (Å²) >= 11 is 0. The first-order chi connectivity index (χ1) is 11.9. The van der Waals surface area contributed by atoms with Crippen LogP contribution in [0.15, 0.2) is 11.6 Å². The zero-order valence-corrected chi connectivity index (χ0v) is 16.6. The van der Waals surface area contributed by atoms with Crippen molar-refractivity contribution in [3.8, 4) is 0 Å². The minimum Gasteiger partial charge on any atom is -0.375 e. The summed E-state index contributed by atoms with van der Waals surface area (Å²) in [5.74, 6) is 3.71. The number of rotatable bonds is 2. The van der Waals surface area contributed by atoms with Gasteiger partial charge in [0.15, 0.2) is 0 Å². The molecule has 0 amide bonds. The van der Waals surface area contributed by atoms with E-state index in [1.807, 2.05) is 0 Å². The highest BCUT2D eigenvalue weighted by Crippen LogP contribution is 2.67. The third kappa shape index (κ3) is 2.22. The number of hydrogen-bond acceptors (Lipinski definition) is 2. The molecule has 1 N–H and O–H groups in total. The predicted molar refractivity (Wildman–Crippen MR) is 102 cm³/mol. The van der Waals surface area contributed by atoms with Gasteiger partial charge in [0.05, 0.1) is 0 Å². The molecular formula is C23H37NO. The second kappa shape index (κ2) is 5.35. The Labute approximate surface area is 154 Å². The first-order valence-electron chi connectivity index (χ1n) is 11.1. The Morgan fingerprint density at radius 2 is 1.88 bits per heavy atom. The Morgan fingerprint density at radius 1 is 1.08 bits per heavy atom. The monoisotopic (exact) mass is 343 g/mol. The van der Waals surface area contributed by atoms with E-state index in [9.17, 15) is 5.11 Å². The fourth-order valence-corrected chi connectivity index (χ4v) is 8.15. The highest BCUT2D eigenvalue weighted by Gasteiger charge is 2.60. The lowest BCUT2D eigenvalue weighted by Crippen LogP contribution is -2.53. The molecule has 4 aliphatic carbocycles. The maximum atomic E-state index is 11.1. The van der Waals surface area contributed by atoms with Crippen LogP contribution in [0.2, 0.25) is 0 Å². The molecule has 1 saturated heterocycles. The molecule has 1 heterocycles. The Hall–Kier alpha value is -0.340. The molecule has 0 aromatic carbocycles. The van der Waals surface area contributed by atoms with Gasteiger partial charge in [0.1, 0.15) is 5.72 Å². The molecular weight excluding hydrogens is 306 g/mol. The standard InChI is InChI=1S/C23H37NO/c1-4-16-6-8-19-18-7-5-17-15-23(25,24-13-14-24)12-11-22(17,3)20(18)9-10-21(16,19)2/h5,16,18-20,25H,4,6-15H2,1-3H3/t16-,18-,19-,20-,21+,22-,23-/m0/s1. The molecule has 0 aromatic heterocycles. The van der Waals surface area contributed by atoms with E-state index in [0.29, 0.717) is 10.8 Å². The summed E-state index contributed by atoms with van der Waals surface area (Å²) in [6, 6.07) is 0. The minimum absolute atomic E-state index is 0.372. The maximum absolute atomic E-state index is 11.1. The highest BCUT2D eigenvalue weighted by molar-refractivity contribution is 5.27. The summed E-state index contributed by atoms with van der Waals surface area (Å²) in [5.41, 5.74) is 2.09. The van der Waals surface area contributed by atoms with Gasteiger partial charge >= 0.3 is 0 Å². The Bertz CT molecular complexity index is 595. The summed E-state index contributed by atoms with van der Waals surface area (Å²) < 4.78 is 0. The second-order valence-corrected chi connectivity index (χ2v) is 10.6. The van der Waals surface area contributed by atoms with Crippen LogP contribution in [0.4, 0.5) is 0 Å². The van der Waals surface area contributed by atoms with Crippen LogP contribution in [0.25, 0.3) is 0 Å². The van der Waals surface area contributed by atoms with Crippen molar-refractivity contribution >= 4 is 0 Å². The van der Waals surface area contributed by atoms with Gasteiger partial charge < -0.3 is 5.11 Å². The van der Waals surface area contributed by atoms with E-state index in [-0.39, 0.29) is 0 Å². The molecule has 0 bridgehead atoms. The fraction of sp³-hybridized carbons (Fsp3) is 0.913. The summed E-state index contributed by atoms with van der Waals surface area (Å²) in [7, 11) is 0. The predicted octanol–water partition coefficient (Wildman–Crippen LogP) is 4.98. The van der Waals surface area contributed by atoms with E-state index in [0.717, 1.165) is 49.6 Å². The third-order valence-corrected chi connectivity index (χ3v) is 9.87. The largest absolute Gasteiger partial charge is 0.375 e. The van der Waals surface area contributed by atoms with Gasteiger partial charge in [-0.25, -0.2) is 0 Å². The van der Waals surface area contributed by atoms with Gasteiger partial charge in [-0.1, -0.05) is 38.8 Å². The lowest BCUT2D eigenvalue weighted by Gasteiger charge is -2.59. The lowest BCUT2D eigenvalue weighted by atomic mass is 9.47. The van der Waals surface area contributed by atoms with E-state index < -0.39 is 5.72 Å². The van der Waals surface area contributed by atoms with Crippen LogP contribution in [0.1, 0.15) is 78.6 Å². The summed E-state index contributed by atoms with van der Waals surface area (Å²) in [6.07, 6.45) is 14.2. The third-order valence-electron chi connectivity index (χ3n) is 9.87. The van der Waals surface area contributed by atoms with Crippen molar-refractivity contribution in [1.29, 1.82) is 0 Å². The molecule has 2 nitrogen and oxygen atoms in total. The summed E-state index contributed by atoms with van der Waals surface area (Å²) in [4.78, 5) is 2.29. The van der Waals surface area contributed by atoms with Gasteiger partial charge in [0, 0.05) is 19.5 Å². The number of fused-ring (bicyclic) bond motifs is 5. The van der Waals surface area contributed by atoms with Crippen molar-refractivity contribution in [2.45, 2.75) is 84.3 Å². The average molecular weight is 344 g/mol. The van der Waals surface area contributed by atoms with Crippen molar-refractivity contribution in [3.63, 3.8) is 0 Å². The van der Waals surface area contributed by atoms with Crippen molar-refractivity contribution in [2.24, 2.45) is 34.5 Å². The smallest absolute Gasteiger partial charge is 0.122 e. The summed E-state index contributed by atoms with van der Waals surface area (Å²) in [6.45, 7) is 9.82. The van der Waals surface area contributed by atoms with Crippen molar-refractivity contribution < 1.29 is 5.11 Å². The van der Waals surface area contributed by atoms with E-state index in [2.05, 4.69) is 31.7 Å². The molecule has 0 unspecified atom stereocenters. The van der Waals surface area contributed by atoms with Crippen LogP contribution < -0.4 is 0 Å². The molecule has 5 rings (SSSR count). The molecule has 25 heavy (non-hydrogen) atoms. The molecule has 2 heteroatoms. The Kier molecular flexibility index (Phi) is 3.60. The van der Waals surface area contributed by atoms with E-state index in [4.69, 9.17) is 0 Å². The molecule has 0 aromatic rings. The summed E-state index contributed by atoms with van der Waals surface area (Å²) in [5, 5.41) is 11.1. The van der Waals surface area contributed by atoms with Crippen LogP contribution >= 0.6 is 0 Å².